The van der Waals surface area contributed by atoms with Crippen LogP contribution in [0.3, 0.4) is 0 Å². The van der Waals surface area contributed by atoms with Crippen LogP contribution in [-0.2, 0) is 0 Å². The molecule has 0 saturated heterocycles. The Balaban J connectivity index is 0.000000166. The Labute approximate surface area is 562 Å². The Morgan fingerprint density at radius 1 is 0.268 bits per heavy atom. The van der Waals surface area contributed by atoms with E-state index >= 15 is 0 Å². The van der Waals surface area contributed by atoms with Crippen molar-refractivity contribution in [2.75, 3.05) is 0 Å². The van der Waals surface area contributed by atoms with Gasteiger partial charge in [0.1, 0.15) is 69.0 Å². The number of hydrogen-bond donors (Lipinski definition) is 3. The van der Waals surface area contributed by atoms with E-state index in [4.69, 9.17) is 55.2 Å². The summed E-state index contributed by atoms with van der Waals surface area (Å²) >= 11 is 5.16. The topological polar surface area (TPSA) is 218 Å². The number of nitrogens with zero attached hydrogens (tertiary/aromatic N) is 6. The van der Waals surface area contributed by atoms with Gasteiger partial charge in [-0.15, -0.1) is 0 Å². The van der Waals surface area contributed by atoms with Crippen LogP contribution in [0.4, 0.5) is 0 Å². The van der Waals surface area contributed by atoms with Crippen LogP contribution in [0.15, 0.2) is 315 Å². The van der Waals surface area contributed by atoms with E-state index in [1.807, 2.05) is 231 Å². The van der Waals surface area contributed by atoms with Gasteiger partial charge in [-0.05, 0) is 194 Å². The van der Waals surface area contributed by atoms with Crippen LogP contribution >= 0.6 is 11.6 Å². The molecule has 0 fully saturated rings. The van der Waals surface area contributed by atoms with Crippen molar-refractivity contribution in [1.82, 2.24) is 29.9 Å². The number of ether oxygens (including phenoxy) is 5. The van der Waals surface area contributed by atoms with Crippen LogP contribution in [0.1, 0.15) is 20.7 Å². The van der Waals surface area contributed by atoms with Gasteiger partial charge in [0.05, 0.1) is 16.7 Å². The first kappa shape index (κ1) is 63.8. The quantitative estimate of drug-likeness (QED) is 0.0438. The number of halogens is 1. The number of aromatic hydroxyl groups is 3. The lowest BCUT2D eigenvalue weighted by Crippen LogP contribution is -2.08. The van der Waals surface area contributed by atoms with Crippen LogP contribution in [0, 0.1) is 0 Å². The van der Waals surface area contributed by atoms with E-state index in [2.05, 4.69) is 9.97 Å². The Bertz CT molecular complexity index is 4730. The fourth-order valence-corrected chi connectivity index (χ4v) is 9.60. The molecule has 0 amide bonds. The Hall–Kier alpha value is -13.3. The lowest BCUT2D eigenvalue weighted by atomic mass is 10.1. The molecule has 14 rings (SSSR count). The first-order chi connectivity index (χ1) is 47.5. The van der Waals surface area contributed by atoms with Gasteiger partial charge in [0, 0.05) is 39.9 Å². The molecule has 2 aromatic heterocycles. The van der Waals surface area contributed by atoms with Crippen molar-refractivity contribution in [1.29, 1.82) is 0 Å². The largest absolute Gasteiger partial charge is 0.508 e. The molecule has 17 heteroatoms. The molecule has 16 nitrogen and oxygen atoms in total. The second-order valence-corrected chi connectivity index (χ2v) is 21.5. The van der Waals surface area contributed by atoms with E-state index in [0.29, 0.717) is 68.5 Å². The predicted molar refractivity (Wildman–Crippen MR) is 371 cm³/mol. The van der Waals surface area contributed by atoms with Gasteiger partial charge in [-0.2, -0.15) is 0 Å². The Kier molecular flexibility index (Phi) is 20.3. The summed E-state index contributed by atoms with van der Waals surface area (Å²) in [6, 6.07) is 94.0. The molecule has 0 spiro atoms. The number of carbonyl (C=O) groups excluding carboxylic acids is 2. The van der Waals surface area contributed by atoms with Gasteiger partial charge in [0.25, 0.3) is 5.24 Å². The van der Waals surface area contributed by atoms with Gasteiger partial charge in [-0.3, -0.25) is 4.79 Å². The molecule has 12 aromatic carbocycles. The van der Waals surface area contributed by atoms with E-state index in [-0.39, 0.29) is 34.6 Å². The molecular weight excluding hydrogens is 1240 g/mol. The van der Waals surface area contributed by atoms with Gasteiger partial charge < -0.3 is 39.0 Å². The number of rotatable bonds is 17. The minimum absolute atomic E-state index is 0.0567. The maximum atomic E-state index is 12.6. The van der Waals surface area contributed by atoms with E-state index in [1.165, 1.54) is 18.2 Å². The van der Waals surface area contributed by atoms with Crippen LogP contribution in [0.2, 0.25) is 0 Å². The summed E-state index contributed by atoms with van der Waals surface area (Å²) in [6.07, 6.45) is 0. The maximum Gasteiger partial charge on any atom is 0.343 e. The van der Waals surface area contributed by atoms with Crippen molar-refractivity contribution >= 4 is 22.8 Å². The minimum atomic E-state index is -0.535. The zero-order valence-corrected chi connectivity index (χ0v) is 52.0. The van der Waals surface area contributed by atoms with Gasteiger partial charge in [-0.25, -0.2) is 34.7 Å². The number of phenolic OH excluding ortho intramolecular Hbond substituents is 3. The van der Waals surface area contributed by atoms with Crippen LogP contribution in [0.25, 0.3) is 68.3 Å². The molecule has 14 aromatic rings. The molecule has 2 heterocycles. The van der Waals surface area contributed by atoms with Gasteiger partial charge >= 0.3 is 5.97 Å². The van der Waals surface area contributed by atoms with Crippen molar-refractivity contribution < 1.29 is 48.6 Å². The van der Waals surface area contributed by atoms with Crippen molar-refractivity contribution in [2.24, 2.45) is 0 Å². The highest BCUT2D eigenvalue weighted by molar-refractivity contribution is 6.67. The molecule has 0 atom stereocenters. The molecule has 0 unspecified atom stereocenters. The average Bonchev–Trinajstić information content (AvgIpc) is 0.876. The summed E-state index contributed by atoms with van der Waals surface area (Å²) in [5.41, 5.74) is 4.57. The highest BCUT2D eigenvalue weighted by Crippen LogP contribution is 2.37. The molecule has 0 saturated carbocycles. The highest BCUT2D eigenvalue weighted by Gasteiger charge is 2.19. The standard InChI is InChI=1S/C40H27N3O5.C33H23N3O4.C7H5ClO/c44-36-26-34(48-40(45)29-10-4-1-5-11-29)24-25-35(36)39-42-37(27-16-20-32(21-17-27)46-30-12-6-2-7-13-30)41-38(43-39)28-18-22-33(23-19-28)47-31-14-8-3-9-15-31;37-24-15-20-29(30(38)21-24)33-35-31(22-11-16-27(17-12-22)39-25-7-3-1-4-8-25)34-32(36-33)23-13-18-28(19-14-23)40-26-9-5-2-6-10-26;8-7(9)6-4-2-1-3-5-6/h1-26,44H;1-21,37-38H;1-5H. The Morgan fingerprint density at radius 2 is 0.526 bits per heavy atom. The third-order valence-corrected chi connectivity index (χ3v) is 14.5. The lowest BCUT2D eigenvalue weighted by Gasteiger charge is -2.11. The normalized spacial score (nSPS) is 10.5. The molecule has 472 valence electrons. The first-order valence-corrected chi connectivity index (χ1v) is 30.6. The predicted octanol–water partition coefficient (Wildman–Crippen LogP) is 19.3. The number of phenols is 3. The zero-order valence-electron chi connectivity index (χ0n) is 51.3. The fraction of sp³-hybridized carbons (Fsp3) is 0. The zero-order chi connectivity index (χ0) is 66.7. The Morgan fingerprint density at radius 3 is 0.814 bits per heavy atom. The monoisotopic (exact) mass is 1290 g/mol. The second kappa shape index (κ2) is 30.9. The van der Waals surface area contributed by atoms with E-state index < -0.39 is 11.2 Å². The van der Waals surface area contributed by atoms with Gasteiger partial charge in [0.15, 0.2) is 34.9 Å². The number of aromatic nitrogens is 6. The van der Waals surface area contributed by atoms with Crippen LogP contribution in [0.5, 0.6) is 69.0 Å². The molecule has 0 radical (unpaired) electrons. The third kappa shape index (κ3) is 17.2. The summed E-state index contributed by atoms with van der Waals surface area (Å²) < 4.78 is 29.2. The van der Waals surface area contributed by atoms with E-state index in [1.54, 1.807) is 66.7 Å². The molecular formula is C80H55ClN6O10. The maximum absolute atomic E-state index is 12.6. The highest BCUT2D eigenvalue weighted by atomic mass is 35.5. The second-order valence-electron chi connectivity index (χ2n) is 21.1. The van der Waals surface area contributed by atoms with Gasteiger partial charge in [0.2, 0.25) is 0 Å². The molecule has 3 N–H and O–H groups in total. The summed E-state index contributed by atoms with van der Waals surface area (Å²) in [5, 5.41) is 31.0. The van der Waals surface area contributed by atoms with Crippen molar-refractivity contribution in [3.63, 3.8) is 0 Å². The van der Waals surface area contributed by atoms with Crippen molar-refractivity contribution in [2.45, 2.75) is 0 Å². The number of esters is 1. The lowest BCUT2D eigenvalue weighted by molar-refractivity contribution is 0.0734. The first-order valence-electron chi connectivity index (χ1n) is 30.2. The molecule has 0 aliphatic rings. The molecule has 97 heavy (non-hydrogen) atoms. The smallest absolute Gasteiger partial charge is 0.343 e. The van der Waals surface area contributed by atoms with E-state index in [0.717, 1.165) is 45.3 Å². The molecule has 0 aliphatic carbocycles. The number of benzene rings is 12. The van der Waals surface area contributed by atoms with Crippen molar-refractivity contribution in [3.8, 4) is 137 Å². The molecule has 0 bridgehead atoms. The summed E-state index contributed by atoms with van der Waals surface area (Å²) in [6.45, 7) is 0. The SMILES string of the molecule is O=C(Cl)c1ccccc1.O=C(Oc1ccc(-c2nc(-c3ccc(Oc4ccccc4)cc3)nc(-c3ccc(Oc4ccccc4)cc3)n2)c(O)c1)c1ccccc1.Oc1ccc(-c2nc(-c3ccc(Oc4ccccc4)cc3)nc(-c3ccc(Oc4ccccc4)cc3)n2)c(O)c1. The summed E-state index contributed by atoms with van der Waals surface area (Å²) in [4.78, 5) is 51.3. The molecule has 0 aliphatic heterocycles. The average molecular weight is 1300 g/mol. The number of hydrogen-bond acceptors (Lipinski definition) is 16. The summed E-state index contributed by atoms with van der Waals surface area (Å²) in [5.74, 6) is 7.03. The third-order valence-electron chi connectivity index (χ3n) is 14.3. The minimum Gasteiger partial charge on any atom is -0.508 e. The van der Waals surface area contributed by atoms with Crippen LogP contribution in [-0.4, -0.2) is 56.4 Å². The number of carbonyl (C=O) groups is 2. The van der Waals surface area contributed by atoms with E-state index in [9.17, 15) is 24.9 Å². The summed E-state index contributed by atoms with van der Waals surface area (Å²) in [7, 11) is 0. The van der Waals surface area contributed by atoms with Crippen LogP contribution < -0.4 is 23.7 Å². The number of para-hydroxylation sites is 4. The fourth-order valence-electron chi connectivity index (χ4n) is 9.48. The van der Waals surface area contributed by atoms with Crippen molar-refractivity contribution in [3.05, 3.63) is 327 Å². The van der Waals surface area contributed by atoms with Gasteiger partial charge in [-0.1, -0.05) is 121 Å².